The van der Waals surface area contributed by atoms with Gasteiger partial charge in [0.1, 0.15) is 0 Å². The van der Waals surface area contributed by atoms with E-state index in [1.807, 2.05) is 0 Å². The molecule has 1 N–H and O–H groups in total. The third-order valence-electron chi connectivity index (χ3n) is 0. The second kappa shape index (κ2) is 4.91. The van der Waals surface area contributed by atoms with Crippen molar-refractivity contribution in [1.29, 1.82) is 0 Å². The first kappa shape index (κ1) is 9.32. The van der Waals surface area contributed by atoms with Crippen LogP contribution in [-0.2, 0) is 11.0 Å². The Labute approximate surface area is 53.4 Å². The molecule has 3 nitrogen and oxygen atoms in total. The molecule has 0 rings (SSSR count). The standard InChI is InChI=1S/Na.H2O3S.H/c;1-4(2)3;/h;4H,(H,1,2,3);. The van der Waals surface area contributed by atoms with Crippen LogP contribution in [-0.4, -0.2) is 42.5 Å². The molecule has 0 spiro atoms. The van der Waals surface area contributed by atoms with Crippen molar-refractivity contribution in [3.05, 3.63) is 0 Å². The van der Waals surface area contributed by atoms with E-state index in [2.05, 4.69) is 0 Å². The van der Waals surface area contributed by atoms with Crippen molar-refractivity contribution in [2.75, 3.05) is 0 Å². The fraction of sp³-hybridized carbons (Fsp3) is 0. The van der Waals surface area contributed by atoms with Crippen molar-refractivity contribution >= 4 is 40.5 Å². The molecule has 0 atom stereocenters. The van der Waals surface area contributed by atoms with Crippen LogP contribution in [0.1, 0.15) is 0 Å². The Kier molecular flexibility index (Phi) is 9.15. The van der Waals surface area contributed by atoms with E-state index in [1.165, 1.54) is 0 Å². The Morgan fingerprint density at radius 3 is 1.40 bits per heavy atom. The summed E-state index contributed by atoms with van der Waals surface area (Å²) in [4.78, 5) is 0. The Morgan fingerprint density at radius 1 is 1.40 bits per heavy atom. The maximum absolute atomic E-state index is 8.59. The summed E-state index contributed by atoms with van der Waals surface area (Å²) in [7, 11) is -3.12. The first-order chi connectivity index (χ1) is 1.73. The van der Waals surface area contributed by atoms with Crippen LogP contribution in [0.4, 0.5) is 0 Å². The topological polar surface area (TPSA) is 54.4 Å². The molecule has 0 aliphatic rings. The fourth-order valence-electron chi connectivity index (χ4n) is 0. The zero-order chi connectivity index (χ0) is 3.58. The van der Waals surface area contributed by atoms with Crippen LogP contribution in [0.5, 0.6) is 0 Å². The molecule has 0 heterocycles. The van der Waals surface area contributed by atoms with Crippen molar-refractivity contribution in [2.24, 2.45) is 0 Å². The van der Waals surface area contributed by atoms with Gasteiger partial charge in [-0.05, 0) is 0 Å². The Bertz CT molecular complexity index is 55.3. The second-order valence-corrected chi connectivity index (χ2v) is 0.714. The molecule has 0 saturated carbocycles. The third kappa shape index (κ3) is 50.2. The van der Waals surface area contributed by atoms with Gasteiger partial charge >= 0.3 is 29.6 Å². The molecule has 5 heteroatoms. The van der Waals surface area contributed by atoms with Gasteiger partial charge < -0.3 is 0 Å². The first-order valence-corrected chi connectivity index (χ1v) is 1.70. The average molecular weight is 106 g/mol. The second-order valence-electron chi connectivity index (χ2n) is 0.238. The molecule has 0 aromatic carbocycles. The summed E-state index contributed by atoms with van der Waals surface area (Å²) in [5.41, 5.74) is 0. The van der Waals surface area contributed by atoms with Crippen molar-refractivity contribution in [1.82, 2.24) is 0 Å². The number of hydrogen-bond acceptors (Lipinski definition) is 2. The van der Waals surface area contributed by atoms with E-state index < -0.39 is 11.0 Å². The van der Waals surface area contributed by atoms with Gasteiger partial charge in [-0.3, -0.25) is 4.55 Å². The van der Waals surface area contributed by atoms with E-state index in [9.17, 15) is 0 Å². The normalized spacial score (nSPS) is 6.80. The molecule has 0 saturated heterocycles. The van der Waals surface area contributed by atoms with E-state index in [4.69, 9.17) is 13.0 Å². The zero-order valence-electron chi connectivity index (χ0n) is 1.71. The van der Waals surface area contributed by atoms with Crippen molar-refractivity contribution in [2.45, 2.75) is 0 Å². The summed E-state index contributed by atoms with van der Waals surface area (Å²) in [5, 5.41) is 0. The van der Waals surface area contributed by atoms with Crippen molar-refractivity contribution in [3.8, 4) is 0 Å². The van der Waals surface area contributed by atoms with Crippen molar-refractivity contribution < 1.29 is 13.0 Å². The van der Waals surface area contributed by atoms with E-state index >= 15 is 0 Å². The van der Waals surface area contributed by atoms with Crippen LogP contribution in [0.15, 0.2) is 0 Å². The van der Waals surface area contributed by atoms with E-state index in [0.29, 0.717) is 0 Å². The Morgan fingerprint density at radius 2 is 1.40 bits per heavy atom. The van der Waals surface area contributed by atoms with Gasteiger partial charge in [0.2, 0.25) is 0 Å². The number of thiol groups is 1. The molecular weight excluding hydrogens is 103 g/mol. The van der Waals surface area contributed by atoms with Crippen LogP contribution >= 0.6 is 0 Å². The minimum atomic E-state index is -3.12. The van der Waals surface area contributed by atoms with Gasteiger partial charge in [0.25, 0.3) is 11.0 Å². The summed E-state index contributed by atoms with van der Waals surface area (Å²) in [5.74, 6) is 0. The van der Waals surface area contributed by atoms with Gasteiger partial charge in [-0.15, -0.1) is 0 Å². The summed E-state index contributed by atoms with van der Waals surface area (Å²) < 4.78 is 24.2. The zero-order valence-corrected chi connectivity index (χ0v) is 2.61. The van der Waals surface area contributed by atoms with Crippen LogP contribution in [0.2, 0.25) is 0 Å². The van der Waals surface area contributed by atoms with E-state index in [-0.39, 0.29) is 29.6 Å². The SMILES string of the molecule is O=[SH](=O)O.[NaH]. The molecule has 28 valence electrons. The molecule has 0 aromatic rings. The molecule has 0 aliphatic heterocycles. The molecule has 0 amide bonds. The predicted octanol–water partition coefficient (Wildman–Crippen LogP) is -1.58. The summed E-state index contributed by atoms with van der Waals surface area (Å²) in [6.45, 7) is 0. The molecule has 0 unspecified atom stereocenters. The van der Waals surface area contributed by atoms with Gasteiger partial charge in [0, 0.05) is 0 Å². The van der Waals surface area contributed by atoms with Crippen molar-refractivity contribution in [3.63, 3.8) is 0 Å². The van der Waals surface area contributed by atoms with Crippen LogP contribution < -0.4 is 0 Å². The maximum atomic E-state index is 8.59. The third-order valence-corrected chi connectivity index (χ3v) is 0. The monoisotopic (exact) mass is 106 g/mol. The summed E-state index contributed by atoms with van der Waals surface area (Å²) in [6, 6.07) is 0. The first-order valence-electron chi connectivity index (χ1n) is 0.565. The van der Waals surface area contributed by atoms with Crippen LogP contribution in [0, 0.1) is 0 Å². The minimum absolute atomic E-state index is 0. The molecule has 5 heavy (non-hydrogen) atoms. The predicted molar refractivity (Wildman–Crippen MR) is 20.1 cm³/mol. The molecular formula is H3NaO3S. The molecule has 0 fully saturated rings. The number of hydrogen-bond donors (Lipinski definition) is 2. The quantitative estimate of drug-likeness (QED) is 0.223. The average Bonchev–Trinajstić information content (AvgIpc) is 0.811. The van der Waals surface area contributed by atoms with Gasteiger partial charge in [-0.25, -0.2) is 8.42 Å². The fourth-order valence-corrected chi connectivity index (χ4v) is 0. The van der Waals surface area contributed by atoms with Gasteiger partial charge in [0.15, 0.2) is 0 Å². The molecule has 0 radical (unpaired) electrons. The van der Waals surface area contributed by atoms with E-state index in [1.54, 1.807) is 0 Å². The molecule has 0 bridgehead atoms. The van der Waals surface area contributed by atoms with E-state index in [0.717, 1.165) is 0 Å². The van der Waals surface area contributed by atoms with Crippen LogP contribution in [0.3, 0.4) is 0 Å². The Balaban J connectivity index is 0. The van der Waals surface area contributed by atoms with Gasteiger partial charge in [0.05, 0.1) is 0 Å². The Hall–Kier alpha value is 0.910. The molecule has 0 aliphatic carbocycles. The van der Waals surface area contributed by atoms with Gasteiger partial charge in [-0.1, -0.05) is 0 Å². The van der Waals surface area contributed by atoms with Gasteiger partial charge in [-0.2, -0.15) is 0 Å². The van der Waals surface area contributed by atoms with Crippen LogP contribution in [0.25, 0.3) is 0 Å². The molecule has 0 aromatic heterocycles. The summed E-state index contributed by atoms with van der Waals surface area (Å²) >= 11 is 0. The summed E-state index contributed by atoms with van der Waals surface area (Å²) in [6.07, 6.45) is 0. The number of rotatable bonds is 0.